The van der Waals surface area contributed by atoms with Crippen molar-refractivity contribution in [3.05, 3.63) is 59.1 Å². The molecule has 2 rings (SSSR count). The van der Waals surface area contributed by atoms with Crippen LogP contribution in [0.5, 0.6) is 11.5 Å². The number of nitrogens with one attached hydrogen (secondary N) is 3. The van der Waals surface area contributed by atoms with E-state index in [1.807, 2.05) is 25.1 Å². The Labute approximate surface area is 167 Å². The molecule has 0 bridgehead atoms. The molecular formula is C18H18ClN3O4S. The van der Waals surface area contributed by atoms with E-state index in [0.717, 1.165) is 5.56 Å². The summed E-state index contributed by atoms with van der Waals surface area (Å²) in [5.74, 6) is 0.179. The number of amides is 2. The standard InChI is InChI=1S/C18H18ClN3O4S/c1-12-4-2-3-5-15(12)26-11-17(24)21-22-18(27)20-16(23)10-25-14-8-6-13(19)7-9-14/h2-9H,10-11H2,1H3,(H,21,24)(H2,20,22,23,27). The molecule has 142 valence electrons. The average Bonchev–Trinajstić information content (AvgIpc) is 2.65. The number of hydrogen-bond donors (Lipinski definition) is 3. The first kappa shape index (κ1) is 20.5. The second-order valence-electron chi connectivity index (χ2n) is 5.35. The molecule has 9 heteroatoms. The number of benzene rings is 2. The van der Waals surface area contributed by atoms with Crippen molar-refractivity contribution in [2.45, 2.75) is 6.92 Å². The Bertz CT molecular complexity index is 815. The quantitative estimate of drug-likeness (QED) is 0.502. The van der Waals surface area contributed by atoms with E-state index < -0.39 is 11.8 Å². The third kappa shape index (κ3) is 7.51. The van der Waals surface area contributed by atoms with Gasteiger partial charge in [0.2, 0.25) is 0 Å². The van der Waals surface area contributed by atoms with Gasteiger partial charge < -0.3 is 9.47 Å². The summed E-state index contributed by atoms with van der Waals surface area (Å²) in [6.45, 7) is 1.43. The molecule has 2 aromatic carbocycles. The van der Waals surface area contributed by atoms with Crippen LogP contribution in [0.25, 0.3) is 0 Å². The predicted octanol–water partition coefficient (Wildman–Crippen LogP) is 2.13. The van der Waals surface area contributed by atoms with Crippen molar-refractivity contribution in [3.63, 3.8) is 0 Å². The highest BCUT2D eigenvalue weighted by Gasteiger charge is 2.08. The van der Waals surface area contributed by atoms with Gasteiger partial charge in [-0.3, -0.25) is 25.8 Å². The van der Waals surface area contributed by atoms with E-state index in [1.165, 1.54) is 0 Å². The van der Waals surface area contributed by atoms with Crippen molar-refractivity contribution < 1.29 is 19.1 Å². The van der Waals surface area contributed by atoms with E-state index in [1.54, 1.807) is 30.3 Å². The Morgan fingerprint density at radius 3 is 2.33 bits per heavy atom. The van der Waals surface area contributed by atoms with Crippen molar-refractivity contribution in [2.24, 2.45) is 0 Å². The van der Waals surface area contributed by atoms with Gasteiger partial charge in [-0.25, -0.2) is 0 Å². The Hall–Kier alpha value is -2.84. The summed E-state index contributed by atoms with van der Waals surface area (Å²) in [4.78, 5) is 23.5. The smallest absolute Gasteiger partial charge is 0.276 e. The zero-order chi connectivity index (χ0) is 19.6. The van der Waals surface area contributed by atoms with Crippen LogP contribution in [0.4, 0.5) is 0 Å². The summed E-state index contributed by atoms with van der Waals surface area (Å²) in [5, 5.41) is 2.88. The monoisotopic (exact) mass is 407 g/mol. The zero-order valence-electron chi connectivity index (χ0n) is 14.5. The van der Waals surface area contributed by atoms with E-state index in [0.29, 0.717) is 16.5 Å². The largest absolute Gasteiger partial charge is 0.484 e. The molecule has 0 aromatic heterocycles. The van der Waals surface area contributed by atoms with Gasteiger partial charge in [-0.05, 0) is 55.0 Å². The molecule has 0 aliphatic heterocycles. The molecule has 27 heavy (non-hydrogen) atoms. The summed E-state index contributed by atoms with van der Waals surface area (Å²) >= 11 is 10.7. The molecule has 0 radical (unpaired) electrons. The number of ether oxygens (including phenoxy) is 2. The SMILES string of the molecule is Cc1ccccc1OCC(=O)NNC(=S)NC(=O)COc1ccc(Cl)cc1. The van der Waals surface area contributed by atoms with E-state index in [2.05, 4.69) is 16.2 Å². The number of halogens is 1. The van der Waals surface area contributed by atoms with Crippen LogP contribution in [0, 0.1) is 6.92 Å². The van der Waals surface area contributed by atoms with Crippen molar-refractivity contribution in [1.82, 2.24) is 16.2 Å². The molecule has 0 aliphatic rings. The minimum atomic E-state index is -0.479. The first-order valence-corrected chi connectivity index (χ1v) is 8.68. The number of para-hydroxylation sites is 1. The van der Waals surface area contributed by atoms with Gasteiger partial charge in [-0.1, -0.05) is 29.8 Å². The molecule has 0 unspecified atom stereocenters. The van der Waals surface area contributed by atoms with Crippen LogP contribution in [0.3, 0.4) is 0 Å². The Balaban J connectivity index is 1.64. The second kappa shape index (κ2) is 10.3. The van der Waals surface area contributed by atoms with Crippen LogP contribution >= 0.6 is 23.8 Å². The van der Waals surface area contributed by atoms with Crippen LogP contribution < -0.4 is 25.6 Å². The minimum absolute atomic E-state index is 0.0658. The van der Waals surface area contributed by atoms with Gasteiger partial charge in [-0.15, -0.1) is 0 Å². The fourth-order valence-electron chi connectivity index (χ4n) is 1.90. The van der Waals surface area contributed by atoms with Gasteiger partial charge >= 0.3 is 0 Å². The maximum absolute atomic E-state index is 11.8. The Kier molecular flexibility index (Phi) is 7.84. The Morgan fingerprint density at radius 2 is 1.63 bits per heavy atom. The maximum atomic E-state index is 11.8. The third-order valence-electron chi connectivity index (χ3n) is 3.20. The number of thiocarbonyl (C=S) groups is 1. The van der Waals surface area contributed by atoms with Crippen LogP contribution in [0.15, 0.2) is 48.5 Å². The van der Waals surface area contributed by atoms with Crippen molar-refractivity contribution in [2.75, 3.05) is 13.2 Å². The molecule has 0 saturated carbocycles. The summed E-state index contributed by atoms with van der Waals surface area (Å²) < 4.78 is 10.7. The van der Waals surface area contributed by atoms with Crippen LogP contribution in [0.2, 0.25) is 5.02 Å². The van der Waals surface area contributed by atoms with E-state index in [-0.39, 0.29) is 18.3 Å². The molecule has 0 saturated heterocycles. The van der Waals surface area contributed by atoms with E-state index in [4.69, 9.17) is 33.3 Å². The summed E-state index contributed by atoms with van der Waals surface area (Å²) in [5.41, 5.74) is 5.67. The first-order chi connectivity index (χ1) is 12.9. The van der Waals surface area contributed by atoms with Gasteiger partial charge in [-0.2, -0.15) is 0 Å². The molecule has 0 fully saturated rings. The summed E-state index contributed by atoms with van der Waals surface area (Å²) in [6.07, 6.45) is 0. The number of rotatable bonds is 6. The summed E-state index contributed by atoms with van der Waals surface area (Å²) in [7, 11) is 0. The lowest BCUT2D eigenvalue weighted by Crippen LogP contribution is -2.50. The van der Waals surface area contributed by atoms with Crippen LogP contribution in [-0.4, -0.2) is 30.1 Å². The fourth-order valence-corrected chi connectivity index (χ4v) is 2.19. The van der Waals surface area contributed by atoms with Gasteiger partial charge in [0.25, 0.3) is 11.8 Å². The lowest BCUT2D eigenvalue weighted by Gasteiger charge is -2.12. The number of carbonyl (C=O) groups excluding carboxylic acids is 2. The normalized spacial score (nSPS) is 9.85. The minimum Gasteiger partial charge on any atom is -0.484 e. The number of aryl methyl sites for hydroxylation is 1. The molecule has 0 heterocycles. The maximum Gasteiger partial charge on any atom is 0.276 e. The topological polar surface area (TPSA) is 88.7 Å². The number of carbonyl (C=O) groups is 2. The van der Waals surface area contributed by atoms with Gasteiger partial charge in [0.05, 0.1) is 0 Å². The molecule has 0 spiro atoms. The first-order valence-electron chi connectivity index (χ1n) is 7.89. The second-order valence-corrected chi connectivity index (χ2v) is 6.19. The molecule has 2 aromatic rings. The van der Waals surface area contributed by atoms with Crippen molar-refractivity contribution in [1.29, 1.82) is 0 Å². The lowest BCUT2D eigenvalue weighted by atomic mass is 10.2. The van der Waals surface area contributed by atoms with Crippen LogP contribution in [0.1, 0.15) is 5.56 Å². The molecule has 2 amide bonds. The zero-order valence-corrected chi connectivity index (χ0v) is 16.0. The van der Waals surface area contributed by atoms with Gasteiger partial charge in [0.1, 0.15) is 11.5 Å². The highest BCUT2D eigenvalue weighted by molar-refractivity contribution is 7.80. The number of hydrazine groups is 1. The van der Waals surface area contributed by atoms with Crippen molar-refractivity contribution >= 4 is 40.7 Å². The molecular weight excluding hydrogens is 390 g/mol. The third-order valence-corrected chi connectivity index (χ3v) is 3.66. The van der Waals surface area contributed by atoms with Crippen molar-refractivity contribution in [3.8, 4) is 11.5 Å². The molecule has 0 aliphatic carbocycles. The van der Waals surface area contributed by atoms with Gasteiger partial charge in [0.15, 0.2) is 18.3 Å². The fraction of sp³-hybridized carbons (Fsp3) is 0.167. The molecule has 7 nitrogen and oxygen atoms in total. The Morgan fingerprint density at radius 1 is 0.963 bits per heavy atom. The predicted molar refractivity (Wildman–Crippen MR) is 106 cm³/mol. The summed E-state index contributed by atoms with van der Waals surface area (Å²) in [6, 6.07) is 13.9. The van der Waals surface area contributed by atoms with Crippen LogP contribution in [-0.2, 0) is 9.59 Å². The average molecular weight is 408 g/mol. The molecule has 3 N–H and O–H groups in total. The highest BCUT2D eigenvalue weighted by Crippen LogP contribution is 2.16. The van der Waals surface area contributed by atoms with Gasteiger partial charge in [0, 0.05) is 5.02 Å². The molecule has 0 atom stereocenters. The highest BCUT2D eigenvalue weighted by atomic mass is 35.5. The number of hydrogen-bond acceptors (Lipinski definition) is 5. The lowest BCUT2D eigenvalue weighted by molar-refractivity contribution is -0.124. The van der Waals surface area contributed by atoms with E-state index in [9.17, 15) is 9.59 Å². The van der Waals surface area contributed by atoms with E-state index >= 15 is 0 Å².